The fourth-order valence-electron chi connectivity index (χ4n) is 1.63. The van der Waals surface area contributed by atoms with Gasteiger partial charge in [-0.15, -0.1) is 0 Å². The first-order chi connectivity index (χ1) is 7.45. The summed E-state index contributed by atoms with van der Waals surface area (Å²) < 4.78 is 0. The smallest absolute Gasteiger partial charge is 0.0123 e. The van der Waals surface area contributed by atoms with Crippen molar-refractivity contribution in [2.45, 2.75) is 59.9 Å². The SMILES string of the molecule is CCC(C)CN(CC)CCNC(C)(C)CC. The molecule has 0 aromatic heterocycles. The number of rotatable bonds is 9. The number of likely N-dealkylation sites (N-methyl/N-ethyl adjacent to an activating group) is 1. The maximum absolute atomic E-state index is 3.62. The minimum Gasteiger partial charge on any atom is -0.311 e. The highest BCUT2D eigenvalue weighted by atomic mass is 15.1. The van der Waals surface area contributed by atoms with E-state index in [9.17, 15) is 0 Å². The Morgan fingerprint density at radius 1 is 1.19 bits per heavy atom. The maximum Gasteiger partial charge on any atom is 0.0123 e. The Morgan fingerprint density at radius 2 is 1.81 bits per heavy atom. The summed E-state index contributed by atoms with van der Waals surface area (Å²) in [5.41, 5.74) is 0.287. The van der Waals surface area contributed by atoms with Gasteiger partial charge < -0.3 is 10.2 Å². The van der Waals surface area contributed by atoms with E-state index < -0.39 is 0 Å². The van der Waals surface area contributed by atoms with Crippen LogP contribution in [0.25, 0.3) is 0 Å². The summed E-state index contributed by atoms with van der Waals surface area (Å²) in [7, 11) is 0. The number of hydrogen-bond acceptors (Lipinski definition) is 2. The molecule has 0 bridgehead atoms. The Balaban J connectivity index is 3.79. The molecule has 0 aliphatic heterocycles. The molecule has 1 unspecified atom stereocenters. The molecule has 0 radical (unpaired) electrons. The second-order valence-electron chi connectivity index (χ2n) is 5.57. The van der Waals surface area contributed by atoms with E-state index in [1.165, 1.54) is 32.5 Å². The van der Waals surface area contributed by atoms with Crippen LogP contribution in [0.5, 0.6) is 0 Å². The first-order valence-electron chi connectivity index (χ1n) is 6.92. The van der Waals surface area contributed by atoms with Crippen molar-refractivity contribution in [2.24, 2.45) is 5.92 Å². The fourth-order valence-corrected chi connectivity index (χ4v) is 1.63. The maximum atomic E-state index is 3.62. The Morgan fingerprint density at radius 3 is 2.25 bits per heavy atom. The minimum absolute atomic E-state index is 0.287. The van der Waals surface area contributed by atoms with Crippen LogP contribution < -0.4 is 5.32 Å². The summed E-state index contributed by atoms with van der Waals surface area (Å²) in [5, 5.41) is 3.62. The molecule has 0 saturated heterocycles. The van der Waals surface area contributed by atoms with Crippen LogP contribution in [-0.4, -0.2) is 36.6 Å². The van der Waals surface area contributed by atoms with Crippen LogP contribution in [-0.2, 0) is 0 Å². The largest absolute Gasteiger partial charge is 0.311 e. The molecule has 0 aliphatic rings. The van der Waals surface area contributed by atoms with E-state index in [1.54, 1.807) is 0 Å². The van der Waals surface area contributed by atoms with Gasteiger partial charge in [0.15, 0.2) is 0 Å². The van der Waals surface area contributed by atoms with Gasteiger partial charge in [-0.05, 0) is 32.7 Å². The second kappa shape index (κ2) is 8.08. The number of nitrogens with zero attached hydrogens (tertiary/aromatic N) is 1. The van der Waals surface area contributed by atoms with Gasteiger partial charge in [0.1, 0.15) is 0 Å². The van der Waals surface area contributed by atoms with Crippen molar-refractivity contribution >= 4 is 0 Å². The Bertz CT molecular complexity index is 166. The first-order valence-corrected chi connectivity index (χ1v) is 6.92. The van der Waals surface area contributed by atoms with Gasteiger partial charge in [-0.1, -0.05) is 34.1 Å². The molecule has 16 heavy (non-hydrogen) atoms. The number of nitrogens with one attached hydrogen (secondary N) is 1. The zero-order valence-electron chi connectivity index (χ0n) is 12.3. The molecule has 0 rings (SSSR count). The zero-order valence-corrected chi connectivity index (χ0v) is 12.3. The van der Waals surface area contributed by atoms with E-state index in [4.69, 9.17) is 0 Å². The number of hydrogen-bond donors (Lipinski definition) is 1. The van der Waals surface area contributed by atoms with Gasteiger partial charge >= 0.3 is 0 Å². The molecule has 98 valence electrons. The Labute approximate surface area is 103 Å². The third-order valence-electron chi connectivity index (χ3n) is 3.63. The van der Waals surface area contributed by atoms with Gasteiger partial charge in [0, 0.05) is 25.2 Å². The van der Waals surface area contributed by atoms with Gasteiger partial charge in [0.25, 0.3) is 0 Å². The topological polar surface area (TPSA) is 15.3 Å². The fraction of sp³-hybridized carbons (Fsp3) is 1.00. The average molecular weight is 228 g/mol. The third-order valence-corrected chi connectivity index (χ3v) is 3.63. The van der Waals surface area contributed by atoms with Crippen LogP contribution >= 0.6 is 0 Å². The molecule has 0 amide bonds. The van der Waals surface area contributed by atoms with Crippen molar-refractivity contribution in [1.82, 2.24) is 10.2 Å². The van der Waals surface area contributed by atoms with Crippen molar-refractivity contribution in [3.05, 3.63) is 0 Å². The van der Waals surface area contributed by atoms with E-state index in [1.807, 2.05) is 0 Å². The summed E-state index contributed by atoms with van der Waals surface area (Å²) in [4.78, 5) is 2.55. The highest BCUT2D eigenvalue weighted by Crippen LogP contribution is 2.07. The van der Waals surface area contributed by atoms with Crippen molar-refractivity contribution in [3.8, 4) is 0 Å². The lowest BCUT2D eigenvalue weighted by Gasteiger charge is -2.28. The molecule has 0 aliphatic carbocycles. The van der Waals surface area contributed by atoms with E-state index in [0.717, 1.165) is 12.5 Å². The molecule has 0 aromatic rings. The quantitative estimate of drug-likeness (QED) is 0.652. The molecule has 0 aromatic carbocycles. The molecule has 0 spiro atoms. The van der Waals surface area contributed by atoms with E-state index >= 15 is 0 Å². The van der Waals surface area contributed by atoms with Gasteiger partial charge in [0.05, 0.1) is 0 Å². The zero-order chi connectivity index (χ0) is 12.6. The predicted molar refractivity (Wildman–Crippen MR) is 73.9 cm³/mol. The van der Waals surface area contributed by atoms with Crippen LogP contribution in [0, 0.1) is 5.92 Å². The van der Waals surface area contributed by atoms with Crippen molar-refractivity contribution in [2.75, 3.05) is 26.2 Å². The lowest BCUT2D eigenvalue weighted by atomic mass is 10.0. The lowest BCUT2D eigenvalue weighted by Crippen LogP contribution is -2.43. The highest BCUT2D eigenvalue weighted by molar-refractivity contribution is 4.75. The lowest BCUT2D eigenvalue weighted by molar-refractivity contribution is 0.234. The second-order valence-corrected chi connectivity index (χ2v) is 5.57. The molecular weight excluding hydrogens is 196 g/mol. The summed E-state index contributed by atoms with van der Waals surface area (Å²) in [6, 6.07) is 0. The van der Waals surface area contributed by atoms with Gasteiger partial charge in [0.2, 0.25) is 0 Å². The normalized spacial score (nSPS) is 14.4. The van der Waals surface area contributed by atoms with Crippen molar-refractivity contribution in [1.29, 1.82) is 0 Å². The van der Waals surface area contributed by atoms with Gasteiger partial charge in [-0.2, -0.15) is 0 Å². The summed E-state index contributed by atoms with van der Waals surface area (Å²) in [5.74, 6) is 0.819. The molecular formula is C14H32N2. The molecule has 1 N–H and O–H groups in total. The molecule has 2 heteroatoms. The monoisotopic (exact) mass is 228 g/mol. The molecule has 0 fully saturated rings. The summed E-state index contributed by atoms with van der Waals surface area (Å²) >= 11 is 0. The van der Waals surface area contributed by atoms with Crippen LogP contribution in [0.15, 0.2) is 0 Å². The molecule has 0 heterocycles. The molecule has 2 nitrogen and oxygen atoms in total. The van der Waals surface area contributed by atoms with Crippen LogP contribution in [0.4, 0.5) is 0 Å². The van der Waals surface area contributed by atoms with E-state index in [0.29, 0.717) is 0 Å². The van der Waals surface area contributed by atoms with E-state index in [-0.39, 0.29) is 5.54 Å². The van der Waals surface area contributed by atoms with E-state index in [2.05, 4.69) is 51.8 Å². The van der Waals surface area contributed by atoms with Gasteiger partial charge in [-0.3, -0.25) is 0 Å². The van der Waals surface area contributed by atoms with Crippen LogP contribution in [0.3, 0.4) is 0 Å². The minimum atomic E-state index is 0.287. The third kappa shape index (κ3) is 7.24. The summed E-state index contributed by atoms with van der Waals surface area (Å²) in [6.45, 7) is 18.3. The van der Waals surface area contributed by atoms with Gasteiger partial charge in [-0.25, -0.2) is 0 Å². The standard InChI is InChI=1S/C14H32N2/c1-7-13(4)12-16(9-3)11-10-15-14(5,6)8-2/h13,15H,7-12H2,1-6H3. The Kier molecular flexibility index (Phi) is 8.04. The highest BCUT2D eigenvalue weighted by Gasteiger charge is 2.14. The van der Waals surface area contributed by atoms with Crippen molar-refractivity contribution in [3.63, 3.8) is 0 Å². The molecule has 1 atom stereocenters. The summed E-state index contributed by atoms with van der Waals surface area (Å²) in [6.07, 6.45) is 2.47. The average Bonchev–Trinajstić information content (AvgIpc) is 2.27. The Hall–Kier alpha value is -0.0800. The molecule has 0 saturated carbocycles. The first kappa shape index (κ1) is 15.9. The van der Waals surface area contributed by atoms with Crippen molar-refractivity contribution < 1.29 is 0 Å². The van der Waals surface area contributed by atoms with Crippen LogP contribution in [0.1, 0.15) is 54.4 Å². The predicted octanol–water partition coefficient (Wildman–Crippen LogP) is 3.13. The van der Waals surface area contributed by atoms with Crippen LogP contribution in [0.2, 0.25) is 0 Å².